The van der Waals surface area contributed by atoms with E-state index in [2.05, 4.69) is 25.3 Å². The fourth-order valence-electron chi connectivity index (χ4n) is 2.49. The summed E-state index contributed by atoms with van der Waals surface area (Å²) < 4.78 is 28.6. The molecular weight excluding hydrogens is 388 g/mol. The molecule has 1 aromatic carbocycles. The lowest BCUT2D eigenvalue weighted by Crippen LogP contribution is -2.29. The van der Waals surface area contributed by atoms with Gasteiger partial charge in [-0.2, -0.15) is 5.10 Å². The Morgan fingerprint density at radius 3 is 2.52 bits per heavy atom. The van der Waals surface area contributed by atoms with Crippen LogP contribution in [0.2, 0.25) is 5.02 Å². The number of sulfonamides is 1. The molecule has 2 heterocycles. The van der Waals surface area contributed by atoms with Gasteiger partial charge in [-0.25, -0.2) is 17.8 Å². The van der Waals surface area contributed by atoms with E-state index in [0.717, 1.165) is 11.4 Å². The van der Waals surface area contributed by atoms with Crippen molar-refractivity contribution in [3.05, 3.63) is 58.9 Å². The molecule has 0 atom stereocenters. The van der Waals surface area contributed by atoms with E-state index in [1.807, 2.05) is 19.9 Å². The zero-order valence-corrected chi connectivity index (χ0v) is 16.4. The van der Waals surface area contributed by atoms with Gasteiger partial charge in [0.05, 0.1) is 10.6 Å². The standard InChI is InChI=1S/C17H19ClN6O2S/c1-12-10-13(2)24(23-12)17-7-6-16(21-22-17)19-8-9-20-27(25,26)15-5-3-4-14(18)11-15/h3-7,10-11,20H,8-9H2,1-2H3,(H,19,21). The van der Waals surface area contributed by atoms with Crippen molar-refractivity contribution in [1.82, 2.24) is 24.7 Å². The fraction of sp³-hybridized carbons (Fsp3) is 0.235. The molecular formula is C17H19ClN6O2S. The first-order valence-electron chi connectivity index (χ1n) is 8.22. The lowest BCUT2D eigenvalue weighted by molar-refractivity contribution is 0.583. The Labute approximate surface area is 162 Å². The van der Waals surface area contributed by atoms with Gasteiger partial charge in [-0.05, 0) is 50.2 Å². The zero-order chi connectivity index (χ0) is 19.4. The van der Waals surface area contributed by atoms with E-state index in [1.165, 1.54) is 12.1 Å². The maximum Gasteiger partial charge on any atom is 0.240 e. The highest BCUT2D eigenvalue weighted by atomic mass is 35.5. The van der Waals surface area contributed by atoms with Crippen LogP contribution in [-0.4, -0.2) is 41.5 Å². The third-order valence-corrected chi connectivity index (χ3v) is 5.40. The van der Waals surface area contributed by atoms with Gasteiger partial charge in [0.2, 0.25) is 10.0 Å². The smallest absolute Gasteiger partial charge is 0.240 e. The Morgan fingerprint density at radius 1 is 1.07 bits per heavy atom. The summed E-state index contributed by atoms with van der Waals surface area (Å²) in [6.07, 6.45) is 0. The molecule has 27 heavy (non-hydrogen) atoms. The fourth-order valence-corrected chi connectivity index (χ4v) is 3.82. The SMILES string of the molecule is Cc1cc(C)n(-c2ccc(NCCNS(=O)(=O)c3cccc(Cl)c3)nn2)n1. The minimum absolute atomic E-state index is 0.129. The van der Waals surface area contributed by atoms with Gasteiger partial charge in [-0.3, -0.25) is 0 Å². The van der Waals surface area contributed by atoms with E-state index in [4.69, 9.17) is 11.6 Å². The second-order valence-corrected chi connectivity index (χ2v) is 8.10. The molecule has 0 aliphatic carbocycles. The quantitative estimate of drug-likeness (QED) is 0.584. The molecule has 0 fully saturated rings. The van der Waals surface area contributed by atoms with Gasteiger partial charge in [0.25, 0.3) is 0 Å². The van der Waals surface area contributed by atoms with Crippen LogP contribution in [0.3, 0.4) is 0 Å². The van der Waals surface area contributed by atoms with Crippen LogP contribution in [0, 0.1) is 13.8 Å². The summed E-state index contributed by atoms with van der Waals surface area (Å²) >= 11 is 5.83. The summed E-state index contributed by atoms with van der Waals surface area (Å²) in [7, 11) is -3.60. The van der Waals surface area contributed by atoms with Gasteiger partial charge in [0.1, 0.15) is 5.82 Å². The third-order valence-electron chi connectivity index (χ3n) is 3.71. The molecule has 142 valence electrons. The first-order valence-corrected chi connectivity index (χ1v) is 10.1. The number of aromatic nitrogens is 4. The predicted octanol–water partition coefficient (Wildman–Crippen LogP) is 2.32. The summed E-state index contributed by atoms with van der Waals surface area (Å²) in [6.45, 7) is 4.40. The number of hydrogen-bond acceptors (Lipinski definition) is 6. The van der Waals surface area contributed by atoms with Crippen LogP contribution in [0.25, 0.3) is 5.82 Å². The van der Waals surface area contributed by atoms with Crippen molar-refractivity contribution < 1.29 is 8.42 Å². The van der Waals surface area contributed by atoms with Crippen molar-refractivity contribution in [3.8, 4) is 5.82 Å². The number of nitrogens with one attached hydrogen (secondary N) is 2. The van der Waals surface area contributed by atoms with Crippen LogP contribution < -0.4 is 10.0 Å². The average Bonchev–Trinajstić information content (AvgIpc) is 2.97. The van der Waals surface area contributed by atoms with E-state index < -0.39 is 10.0 Å². The topological polar surface area (TPSA) is 102 Å². The number of benzene rings is 1. The normalized spacial score (nSPS) is 11.5. The molecule has 0 aliphatic heterocycles. The van der Waals surface area contributed by atoms with Crippen molar-refractivity contribution in [2.45, 2.75) is 18.7 Å². The highest BCUT2D eigenvalue weighted by molar-refractivity contribution is 7.89. The van der Waals surface area contributed by atoms with Crippen molar-refractivity contribution in [1.29, 1.82) is 0 Å². The van der Waals surface area contributed by atoms with Crippen LogP contribution in [0.1, 0.15) is 11.4 Å². The Balaban J connectivity index is 1.54. The molecule has 0 amide bonds. The summed E-state index contributed by atoms with van der Waals surface area (Å²) in [6, 6.07) is 11.6. The molecule has 8 nitrogen and oxygen atoms in total. The Kier molecular flexibility index (Phi) is 5.73. The highest BCUT2D eigenvalue weighted by Gasteiger charge is 2.13. The Bertz CT molecular complexity index is 1030. The monoisotopic (exact) mass is 406 g/mol. The summed E-state index contributed by atoms with van der Waals surface area (Å²) in [4.78, 5) is 0.129. The van der Waals surface area contributed by atoms with Crippen molar-refractivity contribution >= 4 is 27.4 Å². The first-order chi connectivity index (χ1) is 12.8. The number of nitrogens with zero attached hydrogens (tertiary/aromatic N) is 4. The van der Waals surface area contributed by atoms with Gasteiger partial charge >= 0.3 is 0 Å². The molecule has 2 N–H and O–H groups in total. The maximum absolute atomic E-state index is 12.2. The van der Waals surface area contributed by atoms with E-state index in [1.54, 1.807) is 28.9 Å². The Hall–Kier alpha value is -2.49. The predicted molar refractivity (Wildman–Crippen MR) is 104 cm³/mol. The van der Waals surface area contributed by atoms with E-state index in [9.17, 15) is 8.42 Å². The van der Waals surface area contributed by atoms with E-state index in [-0.39, 0.29) is 11.4 Å². The molecule has 10 heteroatoms. The maximum atomic E-state index is 12.2. The summed E-state index contributed by atoms with van der Waals surface area (Å²) in [5.74, 6) is 1.16. The minimum atomic E-state index is -3.60. The third kappa shape index (κ3) is 4.82. The zero-order valence-electron chi connectivity index (χ0n) is 14.8. The molecule has 0 saturated carbocycles. The minimum Gasteiger partial charge on any atom is -0.367 e. The van der Waals surface area contributed by atoms with Crippen LogP contribution in [-0.2, 0) is 10.0 Å². The van der Waals surface area contributed by atoms with Crippen LogP contribution in [0.4, 0.5) is 5.82 Å². The number of aryl methyl sites for hydroxylation is 2. The molecule has 0 radical (unpaired) electrons. The van der Waals surface area contributed by atoms with E-state index in [0.29, 0.717) is 23.2 Å². The van der Waals surface area contributed by atoms with Crippen molar-refractivity contribution in [2.24, 2.45) is 0 Å². The second kappa shape index (κ2) is 8.03. The van der Waals surface area contributed by atoms with Gasteiger partial charge in [0, 0.05) is 23.8 Å². The summed E-state index contributed by atoms with van der Waals surface area (Å²) in [5.41, 5.74) is 1.88. The molecule has 0 unspecified atom stereocenters. The summed E-state index contributed by atoms with van der Waals surface area (Å²) in [5, 5.41) is 16.0. The number of rotatable bonds is 7. The van der Waals surface area contributed by atoms with E-state index >= 15 is 0 Å². The van der Waals surface area contributed by atoms with Crippen molar-refractivity contribution in [3.63, 3.8) is 0 Å². The van der Waals surface area contributed by atoms with Crippen molar-refractivity contribution in [2.75, 3.05) is 18.4 Å². The van der Waals surface area contributed by atoms with Crippen LogP contribution in [0.15, 0.2) is 47.4 Å². The van der Waals surface area contributed by atoms with Gasteiger partial charge in [0.15, 0.2) is 5.82 Å². The molecule has 0 bridgehead atoms. The molecule has 3 rings (SSSR count). The lowest BCUT2D eigenvalue weighted by Gasteiger charge is -2.09. The Morgan fingerprint density at radius 2 is 1.89 bits per heavy atom. The number of halogens is 1. The van der Waals surface area contributed by atoms with Crippen LogP contribution in [0.5, 0.6) is 0 Å². The van der Waals surface area contributed by atoms with Gasteiger partial charge in [-0.1, -0.05) is 17.7 Å². The van der Waals surface area contributed by atoms with Gasteiger partial charge in [-0.15, -0.1) is 10.2 Å². The van der Waals surface area contributed by atoms with Gasteiger partial charge < -0.3 is 5.32 Å². The lowest BCUT2D eigenvalue weighted by atomic mass is 10.4. The van der Waals surface area contributed by atoms with Crippen LogP contribution >= 0.6 is 11.6 Å². The highest BCUT2D eigenvalue weighted by Crippen LogP contribution is 2.15. The number of anilines is 1. The number of hydrogen-bond donors (Lipinski definition) is 2. The average molecular weight is 407 g/mol. The molecule has 2 aromatic heterocycles. The molecule has 0 spiro atoms. The molecule has 0 aliphatic rings. The molecule has 0 saturated heterocycles. The largest absolute Gasteiger partial charge is 0.367 e. The molecule has 3 aromatic rings. The second-order valence-electron chi connectivity index (χ2n) is 5.90. The first kappa shape index (κ1) is 19.3.